The van der Waals surface area contributed by atoms with Gasteiger partial charge in [-0.1, -0.05) is 6.42 Å². The molecule has 5 heteroatoms. The van der Waals surface area contributed by atoms with Crippen LogP contribution in [-0.2, 0) is 9.59 Å². The molecule has 2 N–H and O–H groups in total. The average molecular weight is 240 g/mol. The van der Waals surface area contributed by atoms with Crippen LogP contribution in [0.4, 0.5) is 0 Å². The third-order valence-electron chi connectivity index (χ3n) is 3.80. The van der Waals surface area contributed by atoms with Gasteiger partial charge >= 0.3 is 5.97 Å². The van der Waals surface area contributed by atoms with E-state index < -0.39 is 11.9 Å². The number of carboxylic acids is 1. The summed E-state index contributed by atoms with van der Waals surface area (Å²) in [6, 6.07) is 0. The van der Waals surface area contributed by atoms with Crippen LogP contribution in [0.15, 0.2) is 0 Å². The van der Waals surface area contributed by atoms with Crippen LogP contribution in [0.5, 0.6) is 0 Å². The summed E-state index contributed by atoms with van der Waals surface area (Å²) in [7, 11) is 0. The summed E-state index contributed by atoms with van der Waals surface area (Å²) in [5.41, 5.74) is 0. The van der Waals surface area contributed by atoms with Crippen molar-refractivity contribution in [1.82, 2.24) is 10.2 Å². The van der Waals surface area contributed by atoms with Crippen molar-refractivity contribution in [3.63, 3.8) is 0 Å². The molecule has 96 valence electrons. The number of aliphatic carboxylic acids is 1. The first-order chi connectivity index (χ1) is 8.20. The number of nitrogens with one attached hydrogen (secondary N) is 1. The third kappa shape index (κ3) is 2.77. The van der Waals surface area contributed by atoms with Gasteiger partial charge in [0.25, 0.3) is 0 Å². The predicted octanol–water partition coefficient (Wildman–Crippen LogP) is 0.309. The van der Waals surface area contributed by atoms with Gasteiger partial charge in [0.2, 0.25) is 5.91 Å². The molecule has 1 amide bonds. The van der Waals surface area contributed by atoms with E-state index >= 15 is 0 Å². The maximum absolute atomic E-state index is 12.3. The Bertz CT molecular complexity index is 298. The van der Waals surface area contributed by atoms with Gasteiger partial charge in [0, 0.05) is 19.6 Å². The highest BCUT2D eigenvalue weighted by Gasteiger charge is 2.39. The minimum atomic E-state index is -0.811. The molecule has 5 nitrogen and oxygen atoms in total. The van der Waals surface area contributed by atoms with Crippen molar-refractivity contribution in [2.75, 3.05) is 26.2 Å². The topological polar surface area (TPSA) is 69.6 Å². The van der Waals surface area contributed by atoms with E-state index in [9.17, 15) is 9.59 Å². The van der Waals surface area contributed by atoms with E-state index in [-0.39, 0.29) is 11.8 Å². The second-order valence-electron chi connectivity index (χ2n) is 4.91. The molecule has 1 saturated carbocycles. The van der Waals surface area contributed by atoms with Crippen LogP contribution >= 0.6 is 0 Å². The zero-order chi connectivity index (χ0) is 12.3. The molecule has 2 atom stereocenters. The Balaban J connectivity index is 2.00. The van der Waals surface area contributed by atoms with Crippen LogP contribution in [0, 0.1) is 11.8 Å². The first-order valence-corrected chi connectivity index (χ1v) is 6.42. The Morgan fingerprint density at radius 3 is 2.59 bits per heavy atom. The summed E-state index contributed by atoms with van der Waals surface area (Å²) < 4.78 is 0. The van der Waals surface area contributed by atoms with Gasteiger partial charge in [0.1, 0.15) is 0 Å². The average Bonchev–Trinajstić information content (AvgIpc) is 2.64. The fraction of sp³-hybridized carbons (Fsp3) is 0.833. The van der Waals surface area contributed by atoms with Crippen LogP contribution in [0.25, 0.3) is 0 Å². The smallest absolute Gasteiger partial charge is 0.307 e. The largest absolute Gasteiger partial charge is 0.481 e. The highest BCUT2D eigenvalue weighted by molar-refractivity contribution is 5.85. The normalized spacial score (nSPS) is 30.0. The summed E-state index contributed by atoms with van der Waals surface area (Å²) >= 11 is 0. The van der Waals surface area contributed by atoms with Gasteiger partial charge in [-0.2, -0.15) is 0 Å². The highest BCUT2D eigenvalue weighted by atomic mass is 16.4. The predicted molar refractivity (Wildman–Crippen MR) is 62.5 cm³/mol. The lowest BCUT2D eigenvalue weighted by Gasteiger charge is -2.25. The number of amides is 1. The van der Waals surface area contributed by atoms with E-state index in [0.717, 1.165) is 38.9 Å². The van der Waals surface area contributed by atoms with Gasteiger partial charge in [-0.05, 0) is 25.8 Å². The van der Waals surface area contributed by atoms with Crippen molar-refractivity contribution in [2.24, 2.45) is 11.8 Å². The lowest BCUT2D eigenvalue weighted by molar-refractivity contribution is -0.149. The molecule has 0 aromatic carbocycles. The van der Waals surface area contributed by atoms with Gasteiger partial charge in [0.05, 0.1) is 11.8 Å². The van der Waals surface area contributed by atoms with Crippen LogP contribution in [0.1, 0.15) is 25.7 Å². The zero-order valence-corrected chi connectivity index (χ0v) is 10.0. The standard InChI is InChI=1S/C12H20N2O3/c15-11(14-7-2-5-13-6-8-14)9-3-1-4-10(9)12(16)17/h9-10,13H,1-8H2,(H,16,17)/t9-,10+/m1/s1. The lowest BCUT2D eigenvalue weighted by atomic mass is 9.94. The number of hydrogen-bond acceptors (Lipinski definition) is 3. The minimum Gasteiger partial charge on any atom is -0.481 e. The SMILES string of the molecule is O=C(O)[C@H]1CCC[C@H]1C(=O)N1CCCNCC1. The molecule has 0 radical (unpaired) electrons. The van der Waals surface area contributed by atoms with E-state index in [1.807, 2.05) is 4.90 Å². The van der Waals surface area contributed by atoms with E-state index in [1.165, 1.54) is 0 Å². The van der Waals surface area contributed by atoms with Crippen LogP contribution in [-0.4, -0.2) is 48.1 Å². The Hall–Kier alpha value is -1.10. The molecule has 1 aliphatic carbocycles. The van der Waals surface area contributed by atoms with Gasteiger partial charge < -0.3 is 15.3 Å². The molecule has 0 spiro atoms. The van der Waals surface area contributed by atoms with Crippen LogP contribution in [0.3, 0.4) is 0 Å². The molecule has 2 rings (SSSR count). The molecule has 0 unspecified atom stereocenters. The highest BCUT2D eigenvalue weighted by Crippen LogP contribution is 2.33. The zero-order valence-electron chi connectivity index (χ0n) is 10.0. The van der Waals surface area contributed by atoms with Crippen molar-refractivity contribution < 1.29 is 14.7 Å². The number of carbonyl (C=O) groups excluding carboxylic acids is 1. The molecule has 1 saturated heterocycles. The first-order valence-electron chi connectivity index (χ1n) is 6.42. The van der Waals surface area contributed by atoms with Crippen molar-refractivity contribution in [1.29, 1.82) is 0 Å². The number of carbonyl (C=O) groups is 2. The Kier molecular flexibility index (Phi) is 3.99. The molecule has 17 heavy (non-hydrogen) atoms. The summed E-state index contributed by atoms with van der Waals surface area (Å²) in [5.74, 6) is -1.50. The van der Waals surface area contributed by atoms with Crippen molar-refractivity contribution in [3.05, 3.63) is 0 Å². The van der Waals surface area contributed by atoms with E-state index in [2.05, 4.69) is 5.32 Å². The monoisotopic (exact) mass is 240 g/mol. The molecule has 0 bridgehead atoms. The van der Waals surface area contributed by atoms with Gasteiger partial charge in [-0.15, -0.1) is 0 Å². The van der Waals surface area contributed by atoms with Crippen LogP contribution in [0.2, 0.25) is 0 Å². The van der Waals surface area contributed by atoms with E-state index in [1.54, 1.807) is 0 Å². The molecule has 1 aliphatic heterocycles. The number of hydrogen-bond donors (Lipinski definition) is 2. The summed E-state index contributed by atoms with van der Waals surface area (Å²) in [4.78, 5) is 25.2. The van der Waals surface area contributed by atoms with E-state index in [4.69, 9.17) is 5.11 Å². The second-order valence-corrected chi connectivity index (χ2v) is 4.91. The fourth-order valence-electron chi connectivity index (χ4n) is 2.85. The minimum absolute atomic E-state index is 0.0543. The Morgan fingerprint density at radius 1 is 1.06 bits per heavy atom. The molecule has 2 fully saturated rings. The van der Waals surface area contributed by atoms with Crippen molar-refractivity contribution in [3.8, 4) is 0 Å². The molecule has 2 aliphatic rings. The number of nitrogens with zero attached hydrogens (tertiary/aromatic N) is 1. The molecule has 0 aromatic rings. The summed E-state index contributed by atoms with van der Waals surface area (Å²) in [5, 5.41) is 12.3. The third-order valence-corrected chi connectivity index (χ3v) is 3.80. The second kappa shape index (κ2) is 5.49. The van der Waals surface area contributed by atoms with Gasteiger partial charge in [-0.3, -0.25) is 9.59 Å². The fourth-order valence-corrected chi connectivity index (χ4v) is 2.85. The van der Waals surface area contributed by atoms with Crippen molar-refractivity contribution in [2.45, 2.75) is 25.7 Å². The summed E-state index contributed by atoms with van der Waals surface area (Å²) in [6.45, 7) is 3.23. The lowest BCUT2D eigenvalue weighted by Crippen LogP contribution is -2.41. The van der Waals surface area contributed by atoms with E-state index in [0.29, 0.717) is 13.0 Å². The van der Waals surface area contributed by atoms with Gasteiger partial charge in [-0.25, -0.2) is 0 Å². The number of carboxylic acid groups (broad SMARTS) is 1. The van der Waals surface area contributed by atoms with Gasteiger partial charge in [0.15, 0.2) is 0 Å². The van der Waals surface area contributed by atoms with Crippen LogP contribution < -0.4 is 5.32 Å². The maximum Gasteiger partial charge on any atom is 0.307 e. The molecular formula is C12H20N2O3. The quantitative estimate of drug-likeness (QED) is 0.729. The Morgan fingerprint density at radius 2 is 1.82 bits per heavy atom. The molecular weight excluding hydrogens is 220 g/mol. The number of rotatable bonds is 2. The maximum atomic E-state index is 12.3. The Labute approximate surface area is 101 Å². The molecule has 1 heterocycles. The first kappa shape index (κ1) is 12.4. The molecule has 0 aromatic heterocycles. The summed E-state index contributed by atoms with van der Waals surface area (Å²) in [6.07, 6.45) is 3.20. The van der Waals surface area contributed by atoms with Crippen molar-refractivity contribution >= 4 is 11.9 Å².